The van der Waals surface area contributed by atoms with E-state index in [2.05, 4.69) is 0 Å². The molecule has 1 fully saturated rings. The fraction of sp³-hybridized carbons (Fsp3) is 0.407. The first-order valence-corrected chi connectivity index (χ1v) is 12.1. The third kappa shape index (κ3) is 7.72. The molecule has 2 aromatic rings. The predicted molar refractivity (Wildman–Crippen MR) is 131 cm³/mol. The van der Waals surface area contributed by atoms with Gasteiger partial charge in [0.25, 0.3) is 0 Å². The minimum atomic E-state index is -0.765. The Balaban J connectivity index is 1.60. The lowest BCUT2D eigenvalue weighted by Gasteiger charge is -2.34. The van der Waals surface area contributed by atoms with Crippen molar-refractivity contribution in [3.05, 3.63) is 71.3 Å². The van der Waals surface area contributed by atoms with Gasteiger partial charge in [0.1, 0.15) is 0 Å². The molecular formula is C27H32ClNO4. The second-order valence-electron chi connectivity index (χ2n) is 8.57. The van der Waals surface area contributed by atoms with Crippen molar-refractivity contribution >= 4 is 23.5 Å². The minimum absolute atomic E-state index is 0.0176. The van der Waals surface area contributed by atoms with Gasteiger partial charge in [-0.1, -0.05) is 66.9 Å². The molecule has 2 N–H and O–H groups in total. The number of hydrogen-bond acceptors (Lipinski definition) is 3. The fourth-order valence-electron chi connectivity index (χ4n) is 4.26. The molecule has 2 atom stereocenters. The first-order chi connectivity index (χ1) is 15.9. The van der Waals surface area contributed by atoms with Crippen LogP contribution >= 0.6 is 11.6 Å². The van der Waals surface area contributed by atoms with E-state index in [9.17, 15) is 14.7 Å². The molecule has 2 unspecified atom stereocenters. The molecule has 2 aromatic carbocycles. The molecule has 1 aliphatic rings. The van der Waals surface area contributed by atoms with Gasteiger partial charge in [-0.2, -0.15) is 0 Å². The van der Waals surface area contributed by atoms with Crippen LogP contribution in [0.2, 0.25) is 5.02 Å². The summed E-state index contributed by atoms with van der Waals surface area (Å²) in [4.78, 5) is 25.0. The fourth-order valence-corrected chi connectivity index (χ4v) is 4.45. The molecule has 0 saturated carbocycles. The van der Waals surface area contributed by atoms with Crippen molar-refractivity contribution in [2.45, 2.75) is 63.5 Å². The van der Waals surface area contributed by atoms with Crippen LogP contribution < -0.4 is 0 Å². The van der Waals surface area contributed by atoms with Crippen molar-refractivity contribution in [3.63, 3.8) is 0 Å². The van der Waals surface area contributed by atoms with Crippen molar-refractivity contribution in [1.82, 2.24) is 4.90 Å². The highest BCUT2D eigenvalue weighted by atomic mass is 35.5. The smallest absolute Gasteiger partial charge is 0.303 e. The van der Waals surface area contributed by atoms with Crippen molar-refractivity contribution < 1.29 is 19.8 Å². The highest BCUT2D eigenvalue weighted by Crippen LogP contribution is 2.27. The van der Waals surface area contributed by atoms with E-state index in [1.807, 2.05) is 59.5 Å². The lowest BCUT2D eigenvalue weighted by molar-refractivity contribution is -0.137. The molecule has 3 rings (SSSR count). The molecule has 1 saturated heterocycles. The maximum Gasteiger partial charge on any atom is 0.303 e. The summed E-state index contributed by atoms with van der Waals surface area (Å²) in [5, 5.41) is 20.2. The second kappa shape index (κ2) is 12.6. The van der Waals surface area contributed by atoms with Gasteiger partial charge in [0, 0.05) is 24.4 Å². The van der Waals surface area contributed by atoms with E-state index in [-0.39, 0.29) is 18.4 Å². The number of carboxylic acid groups (broad SMARTS) is 1. The number of hydrogen-bond donors (Lipinski definition) is 2. The number of carboxylic acids is 1. The maximum absolute atomic E-state index is 12.5. The van der Waals surface area contributed by atoms with Crippen LogP contribution in [0.25, 0.3) is 11.1 Å². The molecule has 1 aliphatic heterocycles. The topological polar surface area (TPSA) is 77.8 Å². The monoisotopic (exact) mass is 469 g/mol. The molecule has 0 bridgehead atoms. The number of benzene rings is 2. The molecule has 0 spiro atoms. The van der Waals surface area contributed by atoms with Crippen LogP contribution in [0.4, 0.5) is 0 Å². The Labute approximate surface area is 200 Å². The number of aliphatic hydroxyl groups is 1. The summed E-state index contributed by atoms with van der Waals surface area (Å²) >= 11 is 6.12. The molecule has 5 nitrogen and oxygen atoms in total. The molecule has 1 heterocycles. The first-order valence-electron chi connectivity index (χ1n) is 11.7. The number of nitrogens with zero attached hydrogens (tertiary/aromatic N) is 1. The van der Waals surface area contributed by atoms with Gasteiger partial charge in [-0.3, -0.25) is 9.59 Å². The zero-order chi connectivity index (χ0) is 23.6. The average Bonchev–Trinajstić information content (AvgIpc) is 2.80. The lowest BCUT2D eigenvalue weighted by atomic mass is 9.97. The summed E-state index contributed by atoms with van der Waals surface area (Å²) in [5.41, 5.74) is 2.77. The van der Waals surface area contributed by atoms with Crippen LogP contribution in [0.5, 0.6) is 0 Å². The number of carbonyl (C=O) groups is 2. The third-order valence-corrected chi connectivity index (χ3v) is 6.29. The SMILES string of the molecule is O=C(O)CCCCCCN1C(=O)CCCC1/C=C/C(O)c1cccc(-c2cccc(Cl)c2)c1. The summed E-state index contributed by atoms with van der Waals surface area (Å²) < 4.78 is 0. The van der Waals surface area contributed by atoms with Gasteiger partial charge < -0.3 is 15.1 Å². The Morgan fingerprint density at radius 1 is 1.09 bits per heavy atom. The molecule has 33 heavy (non-hydrogen) atoms. The molecule has 0 aliphatic carbocycles. The van der Waals surface area contributed by atoms with Gasteiger partial charge in [0.05, 0.1) is 12.1 Å². The zero-order valence-electron chi connectivity index (χ0n) is 18.8. The van der Waals surface area contributed by atoms with E-state index in [4.69, 9.17) is 16.7 Å². The van der Waals surface area contributed by atoms with Crippen LogP contribution in [0.3, 0.4) is 0 Å². The largest absolute Gasteiger partial charge is 0.481 e. The first kappa shape index (κ1) is 25.0. The Kier molecular flexibility index (Phi) is 9.52. The number of amides is 1. The molecule has 1 amide bonds. The third-order valence-electron chi connectivity index (χ3n) is 6.05. The highest BCUT2D eigenvalue weighted by Gasteiger charge is 2.25. The van der Waals surface area contributed by atoms with E-state index in [0.29, 0.717) is 24.4 Å². The van der Waals surface area contributed by atoms with Gasteiger partial charge in [-0.15, -0.1) is 0 Å². The van der Waals surface area contributed by atoms with Gasteiger partial charge in [0.15, 0.2) is 0 Å². The number of unbranched alkanes of at least 4 members (excludes halogenated alkanes) is 3. The molecule has 6 heteroatoms. The Bertz CT molecular complexity index is 974. The van der Waals surface area contributed by atoms with E-state index >= 15 is 0 Å². The quantitative estimate of drug-likeness (QED) is 0.312. The van der Waals surface area contributed by atoms with E-state index in [1.165, 1.54) is 0 Å². The van der Waals surface area contributed by atoms with E-state index in [1.54, 1.807) is 6.08 Å². The van der Waals surface area contributed by atoms with Crippen LogP contribution in [0, 0.1) is 0 Å². The summed E-state index contributed by atoms with van der Waals surface area (Å²) in [6.07, 6.45) is 8.77. The van der Waals surface area contributed by atoms with Crippen LogP contribution in [0.15, 0.2) is 60.7 Å². The Hall–Kier alpha value is -2.63. The molecule has 0 aromatic heterocycles. The van der Waals surface area contributed by atoms with Crippen LogP contribution in [-0.4, -0.2) is 39.6 Å². The van der Waals surface area contributed by atoms with Gasteiger partial charge in [-0.05, 0) is 60.6 Å². The summed E-state index contributed by atoms with van der Waals surface area (Å²) in [7, 11) is 0. The number of carbonyl (C=O) groups excluding carboxylic acids is 1. The maximum atomic E-state index is 12.5. The molecule has 0 radical (unpaired) electrons. The Morgan fingerprint density at radius 2 is 1.82 bits per heavy atom. The summed E-state index contributed by atoms with van der Waals surface area (Å²) in [6.45, 7) is 0.668. The Morgan fingerprint density at radius 3 is 2.58 bits per heavy atom. The van der Waals surface area contributed by atoms with Gasteiger partial charge >= 0.3 is 5.97 Å². The zero-order valence-corrected chi connectivity index (χ0v) is 19.6. The van der Waals surface area contributed by atoms with Crippen molar-refractivity contribution in [3.8, 4) is 11.1 Å². The number of aliphatic carboxylic acids is 1. The van der Waals surface area contributed by atoms with E-state index in [0.717, 1.165) is 48.8 Å². The number of rotatable bonds is 11. The summed E-state index contributed by atoms with van der Waals surface area (Å²) in [5.74, 6) is -0.609. The minimum Gasteiger partial charge on any atom is -0.481 e. The van der Waals surface area contributed by atoms with Crippen molar-refractivity contribution in [1.29, 1.82) is 0 Å². The van der Waals surface area contributed by atoms with Gasteiger partial charge in [-0.25, -0.2) is 0 Å². The summed E-state index contributed by atoms with van der Waals surface area (Å²) in [6, 6.07) is 15.4. The number of likely N-dealkylation sites (tertiary alicyclic amines) is 1. The van der Waals surface area contributed by atoms with Crippen LogP contribution in [-0.2, 0) is 9.59 Å². The highest BCUT2D eigenvalue weighted by molar-refractivity contribution is 6.30. The second-order valence-corrected chi connectivity index (χ2v) is 9.01. The molecular weight excluding hydrogens is 438 g/mol. The molecule has 176 valence electrons. The van der Waals surface area contributed by atoms with Crippen LogP contribution in [0.1, 0.15) is 63.0 Å². The predicted octanol–water partition coefficient (Wildman–Crippen LogP) is 6.01. The van der Waals surface area contributed by atoms with E-state index < -0.39 is 12.1 Å². The lowest BCUT2D eigenvalue weighted by Crippen LogP contribution is -2.43. The normalized spacial score (nSPS) is 17.5. The number of aliphatic hydroxyl groups excluding tert-OH is 1. The average molecular weight is 470 g/mol. The number of halogens is 1. The number of piperidine rings is 1. The standard InChI is InChI=1S/C27H32ClNO4/c28-23-11-6-9-21(19-23)20-8-5-10-22(18-20)25(30)16-15-24-12-7-13-26(31)29(24)17-4-2-1-3-14-27(32)33/h5-6,8-11,15-16,18-19,24-25,30H,1-4,7,12-14,17H2,(H,32,33)/b16-15+. The van der Waals surface area contributed by atoms with Gasteiger partial charge in [0.2, 0.25) is 5.91 Å². The van der Waals surface area contributed by atoms with Crippen molar-refractivity contribution in [2.24, 2.45) is 0 Å². The van der Waals surface area contributed by atoms with Crippen molar-refractivity contribution in [2.75, 3.05) is 6.54 Å².